The molecule has 0 aliphatic carbocycles. The lowest BCUT2D eigenvalue weighted by Crippen LogP contribution is -2.62. The molecule has 0 aromatic heterocycles. The van der Waals surface area contributed by atoms with Gasteiger partial charge in [-0.3, -0.25) is 4.90 Å². The first-order valence-corrected chi connectivity index (χ1v) is 9.19. The van der Waals surface area contributed by atoms with Gasteiger partial charge in [0.05, 0.1) is 0 Å². The first-order chi connectivity index (χ1) is 10.1. The molecule has 1 fully saturated rings. The number of fused-ring (bicyclic) bond motifs is 1. The molecule has 116 valence electrons. The summed E-state index contributed by atoms with van der Waals surface area (Å²) in [4.78, 5) is 4.26. The average molecular weight is 305 g/mol. The maximum atomic E-state index is 3.72. The molecule has 2 atom stereocenters. The molecule has 1 aromatic carbocycles. The van der Waals surface area contributed by atoms with Gasteiger partial charge in [0.25, 0.3) is 0 Å². The maximum Gasteiger partial charge on any atom is 0.0263 e. The second-order valence-electron chi connectivity index (χ2n) is 7.19. The highest BCUT2D eigenvalue weighted by molar-refractivity contribution is 8.00. The summed E-state index contributed by atoms with van der Waals surface area (Å²) < 4.78 is 0. The number of hydrogen-bond donors (Lipinski definition) is 1. The molecule has 1 aromatic rings. The van der Waals surface area contributed by atoms with Crippen molar-refractivity contribution in [3.05, 3.63) is 29.8 Å². The van der Waals surface area contributed by atoms with E-state index in [0.717, 1.165) is 11.8 Å². The van der Waals surface area contributed by atoms with Gasteiger partial charge in [-0.2, -0.15) is 0 Å². The number of benzene rings is 1. The number of piperazine rings is 1. The Morgan fingerprint density at radius 2 is 2.14 bits per heavy atom. The summed E-state index contributed by atoms with van der Waals surface area (Å²) in [5.74, 6) is 0. The molecule has 1 N–H and O–H groups in total. The van der Waals surface area contributed by atoms with Gasteiger partial charge in [-0.05, 0) is 38.3 Å². The van der Waals surface area contributed by atoms with E-state index in [2.05, 4.69) is 67.0 Å². The molecule has 2 aliphatic heterocycles. The quantitative estimate of drug-likeness (QED) is 0.916. The van der Waals surface area contributed by atoms with Crippen LogP contribution in [0.3, 0.4) is 0 Å². The molecule has 0 saturated carbocycles. The van der Waals surface area contributed by atoms with Gasteiger partial charge in [0.15, 0.2) is 0 Å². The van der Waals surface area contributed by atoms with Crippen molar-refractivity contribution in [2.75, 3.05) is 19.6 Å². The Morgan fingerprint density at radius 1 is 1.33 bits per heavy atom. The van der Waals surface area contributed by atoms with Crippen LogP contribution in [0.25, 0.3) is 0 Å². The predicted octanol–water partition coefficient (Wildman–Crippen LogP) is 3.56. The molecule has 2 unspecified atom stereocenters. The zero-order valence-corrected chi connectivity index (χ0v) is 14.4. The molecule has 2 nitrogen and oxygen atoms in total. The van der Waals surface area contributed by atoms with Crippen LogP contribution in [0.4, 0.5) is 0 Å². The zero-order valence-electron chi connectivity index (χ0n) is 13.6. The summed E-state index contributed by atoms with van der Waals surface area (Å²) in [5.41, 5.74) is 1.80. The van der Waals surface area contributed by atoms with Crippen molar-refractivity contribution in [3.63, 3.8) is 0 Å². The molecule has 3 rings (SSSR count). The van der Waals surface area contributed by atoms with E-state index in [9.17, 15) is 0 Å². The monoisotopic (exact) mass is 304 g/mol. The lowest BCUT2D eigenvalue weighted by Gasteiger charge is -2.45. The standard InChI is InChI=1S/C18H28N2S/c1-4-7-15-11-19-18(2,3)13-20(15)12-16-10-14-8-5-6-9-17(14)21-16/h5-6,8-9,15-16,19H,4,7,10-13H2,1-3H3. The van der Waals surface area contributed by atoms with E-state index in [0.29, 0.717) is 6.04 Å². The van der Waals surface area contributed by atoms with Crippen LogP contribution in [0.15, 0.2) is 29.2 Å². The Balaban J connectivity index is 1.65. The van der Waals surface area contributed by atoms with E-state index in [4.69, 9.17) is 0 Å². The van der Waals surface area contributed by atoms with E-state index in [-0.39, 0.29) is 5.54 Å². The molecule has 3 heteroatoms. The van der Waals surface area contributed by atoms with E-state index in [1.54, 1.807) is 5.56 Å². The van der Waals surface area contributed by atoms with Crippen molar-refractivity contribution < 1.29 is 0 Å². The first kappa shape index (κ1) is 15.4. The lowest BCUT2D eigenvalue weighted by atomic mass is 9.96. The summed E-state index contributed by atoms with van der Waals surface area (Å²) >= 11 is 2.09. The van der Waals surface area contributed by atoms with Crippen LogP contribution in [0.1, 0.15) is 39.2 Å². The number of rotatable bonds is 4. The average Bonchev–Trinajstić information content (AvgIpc) is 2.83. The number of nitrogens with zero attached hydrogens (tertiary/aromatic N) is 1. The second kappa shape index (κ2) is 6.31. The van der Waals surface area contributed by atoms with Crippen molar-refractivity contribution >= 4 is 11.8 Å². The Labute approximate surface area is 133 Å². The zero-order chi connectivity index (χ0) is 14.9. The highest BCUT2D eigenvalue weighted by Gasteiger charge is 2.34. The predicted molar refractivity (Wildman–Crippen MR) is 92.1 cm³/mol. The molecular formula is C18H28N2S. The van der Waals surface area contributed by atoms with E-state index in [1.165, 1.54) is 37.2 Å². The number of thioether (sulfide) groups is 1. The van der Waals surface area contributed by atoms with Crippen molar-refractivity contribution in [2.24, 2.45) is 0 Å². The Hall–Kier alpha value is -0.510. The van der Waals surface area contributed by atoms with Crippen LogP contribution in [-0.4, -0.2) is 41.4 Å². The smallest absolute Gasteiger partial charge is 0.0263 e. The lowest BCUT2D eigenvalue weighted by molar-refractivity contribution is 0.0902. The summed E-state index contributed by atoms with van der Waals surface area (Å²) in [6, 6.07) is 9.64. The molecule has 2 heterocycles. The van der Waals surface area contributed by atoms with Gasteiger partial charge in [-0.15, -0.1) is 11.8 Å². The van der Waals surface area contributed by atoms with Gasteiger partial charge < -0.3 is 5.32 Å². The normalized spacial score (nSPS) is 28.5. The Morgan fingerprint density at radius 3 is 2.90 bits per heavy atom. The van der Waals surface area contributed by atoms with E-state index >= 15 is 0 Å². The molecular weight excluding hydrogens is 276 g/mol. The Bertz CT molecular complexity index is 461. The topological polar surface area (TPSA) is 15.3 Å². The van der Waals surface area contributed by atoms with Crippen LogP contribution in [0.5, 0.6) is 0 Å². The van der Waals surface area contributed by atoms with Crippen molar-refractivity contribution in [1.29, 1.82) is 0 Å². The van der Waals surface area contributed by atoms with Crippen LogP contribution in [-0.2, 0) is 6.42 Å². The molecule has 0 amide bonds. The van der Waals surface area contributed by atoms with Crippen LogP contribution < -0.4 is 5.32 Å². The molecule has 0 radical (unpaired) electrons. The third-order valence-electron chi connectivity index (χ3n) is 4.70. The van der Waals surface area contributed by atoms with Gasteiger partial charge in [-0.1, -0.05) is 31.5 Å². The SMILES string of the molecule is CCCC1CNC(C)(C)CN1CC1Cc2ccccc2S1. The maximum absolute atomic E-state index is 3.72. The second-order valence-corrected chi connectivity index (χ2v) is 8.53. The van der Waals surface area contributed by atoms with Crippen molar-refractivity contribution in [3.8, 4) is 0 Å². The highest BCUT2D eigenvalue weighted by Crippen LogP contribution is 2.37. The molecule has 2 aliphatic rings. The number of hydrogen-bond acceptors (Lipinski definition) is 3. The largest absolute Gasteiger partial charge is 0.309 e. The Kier molecular flexibility index (Phi) is 4.63. The minimum Gasteiger partial charge on any atom is -0.309 e. The molecule has 0 spiro atoms. The van der Waals surface area contributed by atoms with E-state index in [1.807, 2.05) is 0 Å². The fourth-order valence-electron chi connectivity index (χ4n) is 3.66. The summed E-state index contributed by atoms with van der Waals surface area (Å²) in [7, 11) is 0. The fourth-order valence-corrected chi connectivity index (χ4v) is 5.01. The van der Waals surface area contributed by atoms with Crippen molar-refractivity contribution in [2.45, 2.75) is 61.8 Å². The van der Waals surface area contributed by atoms with Crippen molar-refractivity contribution in [1.82, 2.24) is 10.2 Å². The van der Waals surface area contributed by atoms with Gasteiger partial charge >= 0.3 is 0 Å². The first-order valence-electron chi connectivity index (χ1n) is 8.31. The minimum atomic E-state index is 0.250. The van der Waals surface area contributed by atoms with Gasteiger partial charge in [0, 0.05) is 41.4 Å². The summed E-state index contributed by atoms with van der Waals surface area (Å²) in [5, 5.41) is 4.45. The van der Waals surface area contributed by atoms with Crippen LogP contribution in [0, 0.1) is 0 Å². The fraction of sp³-hybridized carbons (Fsp3) is 0.667. The molecule has 1 saturated heterocycles. The van der Waals surface area contributed by atoms with Gasteiger partial charge in [0.1, 0.15) is 0 Å². The van der Waals surface area contributed by atoms with Gasteiger partial charge in [-0.25, -0.2) is 0 Å². The van der Waals surface area contributed by atoms with Gasteiger partial charge in [0.2, 0.25) is 0 Å². The number of nitrogens with one attached hydrogen (secondary N) is 1. The van der Waals surface area contributed by atoms with Crippen LogP contribution in [0.2, 0.25) is 0 Å². The third-order valence-corrected chi connectivity index (χ3v) is 6.01. The highest BCUT2D eigenvalue weighted by atomic mass is 32.2. The third kappa shape index (κ3) is 3.64. The minimum absolute atomic E-state index is 0.250. The molecule has 21 heavy (non-hydrogen) atoms. The van der Waals surface area contributed by atoms with Crippen LogP contribution >= 0.6 is 11.8 Å². The molecule has 0 bridgehead atoms. The summed E-state index contributed by atoms with van der Waals surface area (Å²) in [6.45, 7) is 10.5. The summed E-state index contributed by atoms with van der Waals surface area (Å²) in [6.07, 6.45) is 3.83. The van der Waals surface area contributed by atoms with E-state index < -0.39 is 0 Å².